The molecule has 2 aromatic heterocycles. The maximum Gasteiger partial charge on any atom is 0.137 e. The van der Waals surface area contributed by atoms with Crippen LogP contribution in [-0.2, 0) is 0 Å². The molecular formula is C13H13N3O. The van der Waals surface area contributed by atoms with Crippen LogP contribution in [0.15, 0.2) is 48.5 Å². The second-order valence-corrected chi connectivity index (χ2v) is 4.09. The summed E-state index contributed by atoms with van der Waals surface area (Å²) < 4.78 is 0. The van der Waals surface area contributed by atoms with Gasteiger partial charge in [-0.2, -0.15) is 0 Å². The van der Waals surface area contributed by atoms with E-state index < -0.39 is 0 Å². The summed E-state index contributed by atoms with van der Waals surface area (Å²) in [6.45, 7) is 0. The monoisotopic (exact) mass is 227 g/mol. The lowest BCUT2D eigenvalue weighted by Gasteiger charge is -2.13. The average Bonchev–Trinajstić information content (AvgIpc) is 2.79. The van der Waals surface area contributed by atoms with Crippen molar-refractivity contribution >= 4 is 16.7 Å². The molecule has 0 saturated heterocycles. The molecule has 2 aromatic rings. The third-order valence-corrected chi connectivity index (χ3v) is 2.77. The lowest BCUT2D eigenvalue weighted by atomic mass is 10.1. The van der Waals surface area contributed by atoms with Crippen LogP contribution in [0.2, 0.25) is 0 Å². The Morgan fingerprint density at radius 2 is 2.41 bits per heavy atom. The standard InChI is InChI=1S/C13H13N3O/c17-12-3-1-10(2-4-12)16-11-7-9-5-6-14-13(9)15-8-11/h1-3,5-8,12,16-17H,4H2,(H,14,15). The predicted octanol–water partition coefficient (Wildman–Crippen LogP) is 2.18. The summed E-state index contributed by atoms with van der Waals surface area (Å²) >= 11 is 0. The van der Waals surface area contributed by atoms with Crippen LogP contribution in [0.1, 0.15) is 6.42 Å². The maximum atomic E-state index is 9.33. The van der Waals surface area contributed by atoms with Crippen molar-refractivity contribution in [1.29, 1.82) is 0 Å². The molecule has 2 heterocycles. The molecule has 0 radical (unpaired) electrons. The minimum Gasteiger partial charge on any atom is -0.389 e. The fourth-order valence-corrected chi connectivity index (χ4v) is 1.88. The Kier molecular flexibility index (Phi) is 2.42. The van der Waals surface area contributed by atoms with Gasteiger partial charge in [-0.1, -0.05) is 12.2 Å². The van der Waals surface area contributed by atoms with Crippen LogP contribution in [0, 0.1) is 0 Å². The number of fused-ring (bicyclic) bond motifs is 1. The third kappa shape index (κ3) is 2.07. The van der Waals surface area contributed by atoms with Crippen LogP contribution >= 0.6 is 0 Å². The summed E-state index contributed by atoms with van der Waals surface area (Å²) in [5.41, 5.74) is 2.83. The molecule has 1 aliphatic rings. The molecule has 1 atom stereocenters. The van der Waals surface area contributed by atoms with E-state index in [0.29, 0.717) is 6.42 Å². The van der Waals surface area contributed by atoms with Crippen molar-refractivity contribution < 1.29 is 5.11 Å². The minimum absolute atomic E-state index is 0.356. The van der Waals surface area contributed by atoms with Crippen molar-refractivity contribution in [2.75, 3.05) is 5.32 Å². The van der Waals surface area contributed by atoms with Gasteiger partial charge in [-0.3, -0.25) is 0 Å². The van der Waals surface area contributed by atoms with Gasteiger partial charge < -0.3 is 15.4 Å². The highest BCUT2D eigenvalue weighted by Crippen LogP contribution is 2.18. The van der Waals surface area contributed by atoms with Crippen molar-refractivity contribution in [2.45, 2.75) is 12.5 Å². The highest BCUT2D eigenvalue weighted by atomic mass is 16.3. The van der Waals surface area contributed by atoms with E-state index >= 15 is 0 Å². The van der Waals surface area contributed by atoms with Gasteiger partial charge in [0.15, 0.2) is 0 Å². The minimum atomic E-state index is -0.356. The van der Waals surface area contributed by atoms with E-state index in [1.807, 2.05) is 30.5 Å². The number of hydrogen-bond acceptors (Lipinski definition) is 3. The molecule has 0 aliphatic heterocycles. The van der Waals surface area contributed by atoms with Gasteiger partial charge in [0.2, 0.25) is 0 Å². The first-order chi connectivity index (χ1) is 8.31. The van der Waals surface area contributed by atoms with Gasteiger partial charge in [-0.25, -0.2) is 4.98 Å². The molecule has 4 heteroatoms. The first-order valence-corrected chi connectivity index (χ1v) is 5.58. The summed E-state index contributed by atoms with van der Waals surface area (Å²) in [5, 5.41) is 13.7. The van der Waals surface area contributed by atoms with E-state index in [1.165, 1.54) is 0 Å². The van der Waals surface area contributed by atoms with Crippen LogP contribution in [0.4, 0.5) is 5.69 Å². The Bertz CT molecular complexity index is 597. The van der Waals surface area contributed by atoms with Gasteiger partial charge in [0, 0.05) is 17.3 Å². The predicted molar refractivity (Wildman–Crippen MR) is 67.6 cm³/mol. The molecule has 3 rings (SSSR count). The summed E-state index contributed by atoms with van der Waals surface area (Å²) in [6.07, 6.45) is 9.60. The van der Waals surface area contributed by atoms with Crippen molar-refractivity contribution in [3.8, 4) is 0 Å². The zero-order valence-corrected chi connectivity index (χ0v) is 9.22. The maximum absolute atomic E-state index is 9.33. The van der Waals surface area contributed by atoms with Gasteiger partial charge in [-0.05, 0) is 24.6 Å². The molecule has 0 saturated carbocycles. The van der Waals surface area contributed by atoms with E-state index in [0.717, 1.165) is 22.4 Å². The second kappa shape index (κ2) is 4.07. The van der Waals surface area contributed by atoms with Crippen LogP contribution in [0.25, 0.3) is 11.0 Å². The smallest absolute Gasteiger partial charge is 0.137 e. The lowest BCUT2D eigenvalue weighted by molar-refractivity contribution is 0.225. The number of nitrogens with one attached hydrogen (secondary N) is 2. The number of allylic oxidation sites excluding steroid dienone is 1. The number of rotatable bonds is 2. The molecule has 1 aliphatic carbocycles. The molecular weight excluding hydrogens is 214 g/mol. The number of aliphatic hydroxyl groups is 1. The Morgan fingerprint density at radius 3 is 3.24 bits per heavy atom. The fraction of sp³-hybridized carbons (Fsp3) is 0.154. The molecule has 4 nitrogen and oxygen atoms in total. The van der Waals surface area contributed by atoms with Crippen molar-refractivity contribution in [1.82, 2.24) is 9.97 Å². The molecule has 3 N–H and O–H groups in total. The first-order valence-electron chi connectivity index (χ1n) is 5.58. The Balaban J connectivity index is 1.83. The van der Waals surface area contributed by atoms with E-state index in [4.69, 9.17) is 0 Å². The number of pyridine rings is 1. The average molecular weight is 227 g/mol. The van der Waals surface area contributed by atoms with Gasteiger partial charge in [-0.15, -0.1) is 0 Å². The zero-order valence-electron chi connectivity index (χ0n) is 9.22. The number of aliphatic hydroxyl groups excluding tert-OH is 1. The highest BCUT2D eigenvalue weighted by molar-refractivity contribution is 5.79. The fourth-order valence-electron chi connectivity index (χ4n) is 1.88. The number of hydrogen-bond donors (Lipinski definition) is 3. The van der Waals surface area contributed by atoms with Crippen LogP contribution in [0.3, 0.4) is 0 Å². The van der Waals surface area contributed by atoms with E-state index in [-0.39, 0.29) is 6.10 Å². The topological polar surface area (TPSA) is 60.9 Å². The summed E-state index contributed by atoms with van der Waals surface area (Å²) in [6, 6.07) is 4.03. The molecule has 1 unspecified atom stereocenters. The number of H-pyrrole nitrogens is 1. The molecule has 0 amide bonds. The molecule has 0 fully saturated rings. The van der Waals surface area contributed by atoms with Gasteiger partial charge in [0.25, 0.3) is 0 Å². The van der Waals surface area contributed by atoms with Gasteiger partial charge in [0.1, 0.15) is 5.65 Å². The number of aromatic amines is 1. The van der Waals surface area contributed by atoms with Crippen molar-refractivity contribution in [3.63, 3.8) is 0 Å². The quantitative estimate of drug-likeness (QED) is 0.737. The summed E-state index contributed by atoms with van der Waals surface area (Å²) in [4.78, 5) is 7.36. The number of aromatic nitrogens is 2. The van der Waals surface area contributed by atoms with E-state index in [1.54, 1.807) is 12.3 Å². The van der Waals surface area contributed by atoms with Crippen LogP contribution in [0.5, 0.6) is 0 Å². The molecule has 86 valence electrons. The first kappa shape index (κ1) is 10.1. The molecule has 17 heavy (non-hydrogen) atoms. The number of anilines is 1. The Morgan fingerprint density at radius 1 is 1.47 bits per heavy atom. The highest BCUT2D eigenvalue weighted by Gasteiger charge is 2.05. The van der Waals surface area contributed by atoms with E-state index in [2.05, 4.69) is 15.3 Å². The molecule has 0 aromatic carbocycles. The lowest BCUT2D eigenvalue weighted by Crippen LogP contribution is -2.08. The van der Waals surface area contributed by atoms with Crippen LogP contribution < -0.4 is 5.32 Å². The molecule has 0 spiro atoms. The van der Waals surface area contributed by atoms with E-state index in [9.17, 15) is 5.11 Å². The van der Waals surface area contributed by atoms with Crippen molar-refractivity contribution in [3.05, 3.63) is 48.5 Å². The van der Waals surface area contributed by atoms with Gasteiger partial charge >= 0.3 is 0 Å². The summed E-state index contributed by atoms with van der Waals surface area (Å²) in [5.74, 6) is 0. The van der Waals surface area contributed by atoms with Crippen molar-refractivity contribution in [2.24, 2.45) is 0 Å². The molecule has 0 bridgehead atoms. The summed E-state index contributed by atoms with van der Waals surface area (Å²) in [7, 11) is 0. The Hall–Kier alpha value is -2.07. The zero-order chi connectivity index (χ0) is 11.7. The second-order valence-electron chi connectivity index (χ2n) is 4.09. The normalized spacial score (nSPS) is 19.4. The van der Waals surface area contributed by atoms with Gasteiger partial charge in [0.05, 0.1) is 18.0 Å². The Labute approximate surface area is 98.7 Å². The SMILES string of the molecule is OC1C=CC(Nc2cnc3[nH]ccc3c2)=CC1. The third-order valence-electron chi connectivity index (χ3n) is 2.77. The number of nitrogens with zero attached hydrogens (tertiary/aromatic N) is 1. The largest absolute Gasteiger partial charge is 0.389 e. The van der Waals surface area contributed by atoms with Crippen LogP contribution in [-0.4, -0.2) is 21.2 Å².